The van der Waals surface area contributed by atoms with Crippen LogP contribution in [0.3, 0.4) is 0 Å². The number of guanidine groups is 1. The molecule has 0 spiro atoms. The van der Waals surface area contributed by atoms with Gasteiger partial charge < -0.3 is 19.5 Å². The minimum Gasteiger partial charge on any atom is -0.439 e. The van der Waals surface area contributed by atoms with E-state index in [1.165, 1.54) is 11.5 Å². The second-order valence-electron chi connectivity index (χ2n) is 6.98. The number of benzene rings is 1. The molecule has 0 aliphatic carbocycles. The molecule has 1 aromatic carbocycles. The van der Waals surface area contributed by atoms with Crippen molar-refractivity contribution < 1.29 is 4.42 Å². The fraction of sp³-hybridized carbons (Fsp3) is 0.429. The van der Waals surface area contributed by atoms with E-state index in [0.29, 0.717) is 12.4 Å². The lowest BCUT2D eigenvalue weighted by Gasteiger charge is -2.36. The highest BCUT2D eigenvalue weighted by Gasteiger charge is 2.22. The van der Waals surface area contributed by atoms with Crippen LogP contribution < -0.4 is 10.2 Å². The highest BCUT2D eigenvalue weighted by molar-refractivity contribution is 7.09. The number of hydrogen-bond donors (Lipinski definition) is 1. The molecular weight excluding hydrogens is 398 g/mol. The molecule has 1 aliphatic heterocycles. The van der Waals surface area contributed by atoms with Crippen LogP contribution in [0.25, 0.3) is 11.3 Å². The molecule has 0 amide bonds. The van der Waals surface area contributed by atoms with E-state index in [-0.39, 0.29) is 0 Å². The van der Waals surface area contributed by atoms with Crippen molar-refractivity contribution in [3.8, 4) is 11.3 Å². The average Bonchev–Trinajstić information content (AvgIpc) is 3.47. The first-order valence-corrected chi connectivity index (χ1v) is 11.1. The Morgan fingerprint density at radius 2 is 1.97 bits per heavy atom. The van der Waals surface area contributed by atoms with Gasteiger partial charge in [0, 0.05) is 56.2 Å². The van der Waals surface area contributed by atoms with Gasteiger partial charge >= 0.3 is 0 Å². The van der Waals surface area contributed by atoms with Crippen molar-refractivity contribution >= 4 is 22.6 Å². The van der Waals surface area contributed by atoms with E-state index < -0.39 is 0 Å². The van der Waals surface area contributed by atoms with E-state index >= 15 is 0 Å². The molecule has 9 heteroatoms. The van der Waals surface area contributed by atoms with Gasteiger partial charge in [-0.25, -0.2) is 15.0 Å². The van der Waals surface area contributed by atoms with E-state index in [9.17, 15) is 0 Å². The van der Waals surface area contributed by atoms with Crippen LogP contribution in [0.15, 0.2) is 45.9 Å². The Morgan fingerprint density at radius 3 is 2.67 bits per heavy atom. The Kier molecular flexibility index (Phi) is 6.58. The molecule has 1 fully saturated rings. The summed E-state index contributed by atoms with van der Waals surface area (Å²) in [5.41, 5.74) is 1.02. The maximum absolute atomic E-state index is 5.89. The number of piperazine rings is 1. The maximum Gasteiger partial charge on any atom is 0.216 e. The van der Waals surface area contributed by atoms with Crippen molar-refractivity contribution in [2.75, 3.05) is 37.6 Å². The lowest BCUT2D eigenvalue weighted by molar-refractivity contribution is 0.371. The largest absolute Gasteiger partial charge is 0.439 e. The first-order chi connectivity index (χ1) is 14.8. The fourth-order valence-electron chi connectivity index (χ4n) is 3.31. The summed E-state index contributed by atoms with van der Waals surface area (Å²) in [5.74, 6) is 3.20. The van der Waals surface area contributed by atoms with Crippen LogP contribution in [0.2, 0.25) is 0 Å². The Hall–Kier alpha value is -2.94. The molecule has 1 N–H and O–H groups in total. The second-order valence-corrected chi connectivity index (χ2v) is 7.71. The Labute approximate surface area is 180 Å². The van der Waals surface area contributed by atoms with E-state index in [1.54, 1.807) is 6.20 Å². The van der Waals surface area contributed by atoms with Gasteiger partial charge in [-0.2, -0.15) is 4.37 Å². The molecule has 0 bridgehead atoms. The van der Waals surface area contributed by atoms with Crippen LogP contribution in [-0.4, -0.2) is 57.9 Å². The van der Waals surface area contributed by atoms with Gasteiger partial charge in [0.05, 0.1) is 6.20 Å². The van der Waals surface area contributed by atoms with Crippen molar-refractivity contribution in [2.45, 2.75) is 26.8 Å². The number of aromatic nitrogens is 3. The Morgan fingerprint density at radius 1 is 1.17 bits per heavy atom. The average molecular weight is 426 g/mol. The number of nitrogens with one attached hydrogen (secondary N) is 1. The summed E-state index contributed by atoms with van der Waals surface area (Å²) >= 11 is 1.49. The maximum atomic E-state index is 5.89. The first-order valence-electron chi connectivity index (χ1n) is 10.4. The monoisotopic (exact) mass is 425 g/mol. The molecule has 0 atom stereocenters. The van der Waals surface area contributed by atoms with Crippen molar-refractivity contribution in [1.82, 2.24) is 24.6 Å². The van der Waals surface area contributed by atoms with Crippen molar-refractivity contribution in [3.05, 3.63) is 48.2 Å². The minimum atomic E-state index is 0.408. The number of hydrogen-bond acceptors (Lipinski definition) is 7. The summed E-state index contributed by atoms with van der Waals surface area (Å²) in [6, 6.07) is 9.99. The van der Waals surface area contributed by atoms with Gasteiger partial charge in [0.25, 0.3) is 0 Å². The van der Waals surface area contributed by atoms with E-state index in [1.807, 2.05) is 30.3 Å². The molecule has 1 saturated heterocycles. The number of nitrogens with zero attached hydrogens (tertiary/aromatic N) is 6. The second kappa shape index (κ2) is 9.71. The van der Waals surface area contributed by atoms with Gasteiger partial charge in [0.1, 0.15) is 12.4 Å². The third-order valence-corrected chi connectivity index (χ3v) is 5.75. The molecule has 1 aliphatic rings. The Bertz CT molecular complexity index is 961. The molecular formula is C21H27N7OS. The van der Waals surface area contributed by atoms with Gasteiger partial charge in [-0.15, -0.1) is 0 Å². The normalized spacial score (nSPS) is 14.9. The zero-order chi connectivity index (χ0) is 20.8. The number of aryl methyl sites for hydroxylation is 1. The standard InChI is InChI=1S/C21H27N7OS/c1-3-18-25-21(30-26-18)28-12-10-27(11-13-28)20(22-4-2)24-15-19-23-14-17(29-19)16-8-6-5-7-9-16/h5-9,14H,3-4,10-13,15H2,1-2H3,(H,22,24). The summed E-state index contributed by atoms with van der Waals surface area (Å²) in [5, 5.41) is 4.41. The van der Waals surface area contributed by atoms with Gasteiger partial charge in [0.2, 0.25) is 11.0 Å². The third kappa shape index (κ3) is 4.79. The molecule has 158 valence electrons. The van der Waals surface area contributed by atoms with Crippen molar-refractivity contribution in [3.63, 3.8) is 0 Å². The van der Waals surface area contributed by atoms with Gasteiger partial charge in [0.15, 0.2) is 11.7 Å². The van der Waals surface area contributed by atoms with Crippen LogP contribution in [-0.2, 0) is 13.0 Å². The molecule has 30 heavy (non-hydrogen) atoms. The van der Waals surface area contributed by atoms with Crippen LogP contribution in [0.1, 0.15) is 25.6 Å². The van der Waals surface area contributed by atoms with E-state index in [4.69, 9.17) is 9.41 Å². The number of aliphatic imine (C=N–C) groups is 1. The summed E-state index contributed by atoms with van der Waals surface area (Å²) in [6.45, 7) is 8.96. The number of rotatable bonds is 6. The number of anilines is 1. The summed E-state index contributed by atoms with van der Waals surface area (Å²) < 4.78 is 10.3. The van der Waals surface area contributed by atoms with E-state index in [2.05, 4.69) is 43.3 Å². The van der Waals surface area contributed by atoms with Gasteiger partial charge in [-0.3, -0.25) is 0 Å². The lowest BCUT2D eigenvalue weighted by Crippen LogP contribution is -2.52. The lowest BCUT2D eigenvalue weighted by atomic mass is 10.2. The SMILES string of the molecule is CCNC(=NCc1ncc(-c2ccccc2)o1)N1CCN(c2nc(CC)ns2)CC1. The molecule has 0 unspecified atom stereocenters. The molecule has 4 rings (SSSR count). The summed E-state index contributed by atoms with van der Waals surface area (Å²) in [6.07, 6.45) is 2.64. The topological polar surface area (TPSA) is 82.7 Å². The van der Waals surface area contributed by atoms with E-state index in [0.717, 1.165) is 67.4 Å². The molecule has 3 aromatic rings. The van der Waals surface area contributed by atoms with Crippen molar-refractivity contribution in [2.24, 2.45) is 4.99 Å². The van der Waals surface area contributed by atoms with Crippen LogP contribution in [0.4, 0.5) is 5.13 Å². The molecule has 3 heterocycles. The number of oxazole rings is 1. The van der Waals surface area contributed by atoms with Gasteiger partial charge in [-0.05, 0) is 6.92 Å². The quantitative estimate of drug-likeness (QED) is 0.480. The van der Waals surface area contributed by atoms with Crippen LogP contribution in [0, 0.1) is 0 Å². The first kappa shape index (κ1) is 20.3. The predicted molar refractivity (Wildman–Crippen MR) is 120 cm³/mol. The molecule has 2 aromatic heterocycles. The predicted octanol–water partition coefficient (Wildman–Crippen LogP) is 3.04. The Balaban J connectivity index is 1.38. The summed E-state index contributed by atoms with van der Waals surface area (Å²) in [4.78, 5) is 18.3. The van der Waals surface area contributed by atoms with Gasteiger partial charge in [-0.1, -0.05) is 37.3 Å². The fourth-order valence-corrected chi connectivity index (χ4v) is 4.12. The molecule has 0 radical (unpaired) electrons. The highest BCUT2D eigenvalue weighted by Crippen LogP contribution is 2.21. The molecule has 8 nitrogen and oxygen atoms in total. The smallest absolute Gasteiger partial charge is 0.216 e. The molecule has 0 saturated carbocycles. The van der Waals surface area contributed by atoms with Crippen LogP contribution >= 0.6 is 11.5 Å². The highest BCUT2D eigenvalue weighted by atomic mass is 32.1. The minimum absolute atomic E-state index is 0.408. The van der Waals surface area contributed by atoms with Crippen LogP contribution in [0.5, 0.6) is 0 Å². The zero-order valence-corrected chi connectivity index (χ0v) is 18.2. The third-order valence-electron chi connectivity index (χ3n) is 4.93. The van der Waals surface area contributed by atoms with Crippen molar-refractivity contribution in [1.29, 1.82) is 0 Å². The zero-order valence-electron chi connectivity index (χ0n) is 17.4. The summed E-state index contributed by atoms with van der Waals surface area (Å²) in [7, 11) is 0.